The second-order valence-corrected chi connectivity index (χ2v) is 8.30. The first-order chi connectivity index (χ1) is 16.2. The number of carboxylic acids is 1. The fraction of sp³-hybridized carbons (Fsp3) is 0.400. The molecule has 2 amide bonds. The zero-order valence-corrected chi connectivity index (χ0v) is 18.9. The summed E-state index contributed by atoms with van der Waals surface area (Å²) < 4.78 is 31.9. The van der Waals surface area contributed by atoms with Crippen molar-refractivity contribution in [3.8, 4) is 11.1 Å². The van der Waals surface area contributed by atoms with Gasteiger partial charge in [0, 0.05) is 18.4 Å². The zero-order valence-electron chi connectivity index (χ0n) is 18.9. The van der Waals surface area contributed by atoms with Gasteiger partial charge in [-0.1, -0.05) is 68.3 Å². The average molecular weight is 475 g/mol. The second-order valence-electron chi connectivity index (χ2n) is 8.30. The Balaban J connectivity index is 1.58. The van der Waals surface area contributed by atoms with Crippen LogP contribution < -0.4 is 10.6 Å². The predicted octanol–water partition coefficient (Wildman–Crippen LogP) is 4.31. The number of halogens is 2. The summed E-state index contributed by atoms with van der Waals surface area (Å²) in [7, 11) is 0. The Labute approximate surface area is 196 Å². The van der Waals surface area contributed by atoms with Gasteiger partial charge in [0.25, 0.3) is 0 Å². The summed E-state index contributed by atoms with van der Waals surface area (Å²) in [6.07, 6.45) is 0.990. The van der Waals surface area contributed by atoms with Gasteiger partial charge in [0.15, 0.2) is 0 Å². The molecule has 0 radical (unpaired) electrons. The molecule has 1 atom stereocenters. The normalized spacial score (nSPS) is 13.5. The molecule has 7 nitrogen and oxygen atoms in total. The number of carboxylic acid groups (broad SMARTS) is 1. The largest absolute Gasteiger partial charge is 0.477 e. The molecule has 0 aromatic heterocycles. The van der Waals surface area contributed by atoms with Crippen molar-refractivity contribution in [3.05, 3.63) is 59.7 Å². The van der Waals surface area contributed by atoms with Crippen LogP contribution in [-0.2, 0) is 14.3 Å². The SMILES string of the molecule is CCCC[C@H](CC(=O)NCC(F)(F)C(=O)O)NC(=O)OCC1c2ccccc2-c2ccccc21. The van der Waals surface area contributed by atoms with Gasteiger partial charge in [0.2, 0.25) is 5.91 Å². The third-order valence-electron chi connectivity index (χ3n) is 5.82. The number of benzene rings is 2. The number of alkyl carbamates (subject to hydrolysis) is 1. The Hall–Kier alpha value is -3.49. The summed E-state index contributed by atoms with van der Waals surface area (Å²) in [4.78, 5) is 35.1. The number of nitrogens with one attached hydrogen (secondary N) is 2. The average Bonchev–Trinajstić information content (AvgIpc) is 3.13. The molecule has 0 saturated heterocycles. The molecular weight excluding hydrogens is 446 g/mol. The topological polar surface area (TPSA) is 105 Å². The van der Waals surface area contributed by atoms with E-state index in [2.05, 4.69) is 5.32 Å². The smallest absolute Gasteiger partial charge is 0.407 e. The molecule has 0 aliphatic heterocycles. The Kier molecular flexibility index (Phi) is 8.20. The molecule has 0 fully saturated rings. The summed E-state index contributed by atoms with van der Waals surface area (Å²) in [5, 5.41) is 13.0. The molecular formula is C25H28F2N2O5. The highest BCUT2D eigenvalue weighted by atomic mass is 19.3. The number of aliphatic carboxylic acids is 1. The van der Waals surface area contributed by atoms with Crippen LogP contribution in [0.1, 0.15) is 49.7 Å². The third-order valence-corrected chi connectivity index (χ3v) is 5.82. The molecule has 0 spiro atoms. The summed E-state index contributed by atoms with van der Waals surface area (Å²) in [6.45, 7) is 0.738. The molecule has 182 valence electrons. The van der Waals surface area contributed by atoms with Gasteiger partial charge in [0.1, 0.15) is 6.61 Å². The van der Waals surface area contributed by atoms with Crippen LogP contribution in [0.4, 0.5) is 13.6 Å². The van der Waals surface area contributed by atoms with E-state index in [1.165, 1.54) is 0 Å². The lowest BCUT2D eigenvalue weighted by Crippen LogP contribution is -2.45. The van der Waals surface area contributed by atoms with Crippen LogP contribution in [-0.4, -0.2) is 48.2 Å². The van der Waals surface area contributed by atoms with Crippen molar-refractivity contribution in [3.63, 3.8) is 0 Å². The molecule has 9 heteroatoms. The monoisotopic (exact) mass is 474 g/mol. The maximum atomic E-state index is 13.2. The number of hydrogen-bond donors (Lipinski definition) is 3. The van der Waals surface area contributed by atoms with Gasteiger partial charge in [-0.3, -0.25) is 4.79 Å². The van der Waals surface area contributed by atoms with Crippen LogP contribution in [0.15, 0.2) is 48.5 Å². The van der Waals surface area contributed by atoms with Crippen molar-refractivity contribution in [2.45, 2.75) is 50.5 Å². The van der Waals surface area contributed by atoms with Crippen molar-refractivity contribution in [1.29, 1.82) is 0 Å². The first kappa shape index (κ1) is 25.1. The van der Waals surface area contributed by atoms with Crippen molar-refractivity contribution < 1.29 is 33.0 Å². The maximum Gasteiger partial charge on any atom is 0.407 e. The fourth-order valence-corrected chi connectivity index (χ4v) is 4.06. The van der Waals surface area contributed by atoms with Gasteiger partial charge in [-0.05, 0) is 28.7 Å². The van der Waals surface area contributed by atoms with E-state index in [0.717, 1.165) is 28.7 Å². The highest BCUT2D eigenvalue weighted by Crippen LogP contribution is 2.44. The zero-order chi connectivity index (χ0) is 24.7. The number of ether oxygens (including phenoxy) is 1. The molecule has 1 aliphatic carbocycles. The van der Waals surface area contributed by atoms with Crippen molar-refractivity contribution >= 4 is 18.0 Å². The number of unbranched alkanes of at least 4 members (excludes halogenated alkanes) is 1. The van der Waals surface area contributed by atoms with Crippen molar-refractivity contribution in [2.75, 3.05) is 13.2 Å². The number of rotatable bonds is 11. The third kappa shape index (κ3) is 6.09. The standard InChI is InChI=1S/C25H28F2N2O5/c1-2-3-8-16(13-22(30)28-15-25(26,27)23(31)32)29-24(33)34-14-21-19-11-6-4-9-17(19)18-10-5-7-12-20(18)21/h4-7,9-12,16,21H,2-3,8,13-15H2,1H3,(H,28,30)(H,29,33)(H,31,32)/t16-/m1/s1. The molecule has 2 aromatic carbocycles. The molecule has 0 heterocycles. The van der Waals surface area contributed by atoms with E-state index >= 15 is 0 Å². The lowest BCUT2D eigenvalue weighted by molar-refractivity contribution is -0.164. The number of fused-ring (bicyclic) bond motifs is 3. The van der Waals surface area contributed by atoms with Gasteiger partial charge in [-0.15, -0.1) is 0 Å². The Bertz CT molecular complexity index is 998. The number of amides is 2. The summed E-state index contributed by atoms with van der Waals surface area (Å²) in [5.74, 6) is -7.27. The minimum atomic E-state index is -4.06. The highest BCUT2D eigenvalue weighted by molar-refractivity contribution is 5.81. The second kappa shape index (κ2) is 11.1. The molecule has 2 aromatic rings. The van der Waals surface area contributed by atoms with Crippen LogP contribution in [0.2, 0.25) is 0 Å². The van der Waals surface area contributed by atoms with E-state index in [9.17, 15) is 23.2 Å². The molecule has 1 aliphatic rings. The number of alkyl halides is 2. The van der Waals surface area contributed by atoms with Crippen LogP contribution in [0.3, 0.4) is 0 Å². The Morgan fingerprint density at radius 1 is 1.06 bits per heavy atom. The minimum absolute atomic E-state index is 0.109. The van der Waals surface area contributed by atoms with Crippen LogP contribution in [0, 0.1) is 0 Å². The van der Waals surface area contributed by atoms with E-state index < -0.39 is 36.5 Å². The first-order valence-corrected chi connectivity index (χ1v) is 11.2. The van der Waals surface area contributed by atoms with Crippen LogP contribution in [0.25, 0.3) is 11.1 Å². The Morgan fingerprint density at radius 2 is 1.65 bits per heavy atom. The molecule has 0 unspecified atom stereocenters. The van der Waals surface area contributed by atoms with E-state index in [1.54, 1.807) is 0 Å². The first-order valence-electron chi connectivity index (χ1n) is 11.2. The lowest BCUT2D eigenvalue weighted by Gasteiger charge is -2.20. The molecule has 3 N–H and O–H groups in total. The summed E-state index contributed by atoms with van der Waals surface area (Å²) in [5.41, 5.74) is 4.33. The predicted molar refractivity (Wildman–Crippen MR) is 122 cm³/mol. The van der Waals surface area contributed by atoms with Gasteiger partial charge in [0.05, 0.1) is 6.54 Å². The van der Waals surface area contributed by atoms with Gasteiger partial charge < -0.3 is 20.5 Å². The fourth-order valence-electron chi connectivity index (χ4n) is 4.06. The van der Waals surface area contributed by atoms with Gasteiger partial charge >= 0.3 is 18.0 Å². The number of carbonyl (C=O) groups excluding carboxylic acids is 2. The highest BCUT2D eigenvalue weighted by Gasteiger charge is 2.39. The Morgan fingerprint density at radius 3 is 2.21 bits per heavy atom. The van der Waals surface area contributed by atoms with E-state index in [1.807, 2.05) is 60.8 Å². The van der Waals surface area contributed by atoms with E-state index in [-0.39, 0.29) is 18.9 Å². The maximum absolute atomic E-state index is 13.2. The number of carbonyl (C=O) groups is 3. The molecule has 0 bridgehead atoms. The summed E-state index contributed by atoms with van der Waals surface area (Å²) >= 11 is 0. The molecule has 3 rings (SSSR count). The molecule has 0 saturated carbocycles. The van der Waals surface area contributed by atoms with Crippen LogP contribution >= 0.6 is 0 Å². The van der Waals surface area contributed by atoms with Gasteiger partial charge in [-0.25, -0.2) is 9.59 Å². The van der Waals surface area contributed by atoms with E-state index in [0.29, 0.717) is 12.8 Å². The van der Waals surface area contributed by atoms with Crippen molar-refractivity contribution in [1.82, 2.24) is 10.6 Å². The van der Waals surface area contributed by atoms with Crippen molar-refractivity contribution in [2.24, 2.45) is 0 Å². The molecule has 34 heavy (non-hydrogen) atoms. The van der Waals surface area contributed by atoms with E-state index in [4.69, 9.17) is 9.84 Å². The van der Waals surface area contributed by atoms with Crippen LogP contribution in [0.5, 0.6) is 0 Å². The minimum Gasteiger partial charge on any atom is -0.477 e. The lowest BCUT2D eigenvalue weighted by atomic mass is 9.98. The summed E-state index contributed by atoms with van der Waals surface area (Å²) in [6, 6.07) is 15.2. The quantitative estimate of drug-likeness (QED) is 0.450. The number of hydrogen-bond acceptors (Lipinski definition) is 4. The van der Waals surface area contributed by atoms with Gasteiger partial charge in [-0.2, -0.15) is 8.78 Å².